The number of hydrogen-bond acceptors (Lipinski definition) is 4. The van der Waals surface area contributed by atoms with Crippen LogP contribution >= 0.6 is 27.3 Å². The molecule has 0 bridgehead atoms. The van der Waals surface area contributed by atoms with Gasteiger partial charge in [-0.25, -0.2) is 4.98 Å². The maximum absolute atomic E-state index is 9.98. The molecule has 0 fully saturated rings. The maximum atomic E-state index is 9.98. The fraction of sp³-hybridized carbons (Fsp3) is 0.222. The molecule has 5 heteroatoms. The van der Waals surface area contributed by atoms with Crippen LogP contribution in [0, 0.1) is 6.92 Å². The summed E-state index contributed by atoms with van der Waals surface area (Å²) >= 11 is 4.73. The van der Waals surface area contributed by atoms with E-state index in [2.05, 4.69) is 20.9 Å². The van der Waals surface area contributed by atoms with E-state index in [1.165, 1.54) is 11.3 Å². The minimum Gasteiger partial charge on any atom is -0.465 e. The van der Waals surface area contributed by atoms with Crippen LogP contribution in [0.4, 0.5) is 0 Å². The first kappa shape index (κ1) is 9.89. The van der Waals surface area contributed by atoms with E-state index in [-0.39, 0.29) is 0 Å². The monoisotopic (exact) mass is 273 g/mol. The molecular formula is C9H8BrNO2S. The van der Waals surface area contributed by atoms with E-state index >= 15 is 0 Å². The Bertz CT molecular complexity index is 397. The molecular weight excluding hydrogens is 266 g/mol. The molecule has 0 aliphatic carbocycles. The molecule has 2 rings (SSSR count). The summed E-state index contributed by atoms with van der Waals surface area (Å²) in [7, 11) is 0. The Kier molecular flexibility index (Phi) is 2.71. The first-order valence-corrected chi connectivity index (χ1v) is 5.68. The number of hydrogen-bond donors (Lipinski definition) is 1. The highest BCUT2D eigenvalue weighted by atomic mass is 79.9. The average molecular weight is 274 g/mol. The number of nitrogens with zero attached hydrogens (tertiary/aromatic N) is 1. The molecule has 0 saturated heterocycles. The van der Waals surface area contributed by atoms with Crippen LogP contribution < -0.4 is 0 Å². The third kappa shape index (κ3) is 1.63. The van der Waals surface area contributed by atoms with Crippen LogP contribution in [0.1, 0.15) is 22.4 Å². The molecule has 2 aromatic rings. The van der Waals surface area contributed by atoms with Gasteiger partial charge in [-0.2, -0.15) is 0 Å². The third-order valence-electron chi connectivity index (χ3n) is 1.92. The molecule has 74 valence electrons. The lowest BCUT2D eigenvalue weighted by molar-refractivity contribution is 0.191. The number of aliphatic hydroxyl groups is 1. The quantitative estimate of drug-likeness (QED) is 0.915. The predicted octanol–water partition coefficient (Wildman–Crippen LogP) is 2.89. The van der Waals surface area contributed by atoms with Crippen molar-refractivity contribution in [3.63, 3.8) is 0 Å². The number of aryl methyl sites for hydroxylation is 1. The lowest BCUT2D eigenvalue weighted by atomic mass is 10.2. The van der Waals surface area contributed by atoms with Crippen molar-refractivity contribution in [1.29, 1.82) is 0 Å². The van der Waals surface area contributed by atoms with Crippen LogP contribution in [-0.2, 0) is 0 Å². The Hall–Kier alpha value is -0.650. The topological polar surface area (TPSA) is 46.3 Å². The van der Waals surface area contributed by atoms with E-state index < -0.39 is 6.10 Å². The lowest BCUT2D eigenvalue weighted by Crippen LogP contribution is -1.98. The molecule has 0 aromatic carbocycles. The molecule has 1 atom stereocenters. The smallest absolute Gasteiger partial charge is 0.151 e. The highest BCUT2D eigenvalue weighted by Gasteiger charge is 2.20. The van der Waals surface area contributed by atoms with Gasteiger partial charge in [-0.3, -0.25) is 0 Å². The molecule has 0 radical (unpaired) electrons. The molecule has 0 spiro atoms. The minimum atomic E-state index is -0.730. The maximum Gasteiger partial charge on any atom is 0.151 e. The summed E-state index contributed by atoms with van der Waals surface area (Å²) in [5, 5.41) is 9.98. The number of aromatic nitrogens is 1. The van der Waals surface area contributed by atoms with Gasteiger partial charge in [-0.1, -0.05) is 0 Å². The first-order valence-electron chi connectivity index (χ1n) is 4.01. The summed E-state index contributed by atoms with van der Waals surface area (Å²) in [6.07, 6.45) is 0.811. The molecule has 2 aromatic heterocycles. The zero-order valence-corrected chi connectivity index (χ0v) is 9.80. The van der Waals surface area contributed by atoms with E-state index in [1.54, 1.807) is 17.8 Å². The predicted molar refractivity (Wildman–Crippen MR) is 57.3 cm³/mol. The summed E-state index contributed by atoms with van der Waals surface area (Å²) in [5.41, 5.74) is 2.55. The zero-order chi connectivity index (χ0) is 10.1. The number of thiazole rings is 1. The van der Waals surface area contributed by atoms with Crippen molar-refractivity contribution in [2.75, 3.05) is 0 Å². The van der Waals surface area contributed by atoms with E-state index in [0.29, 0.717) is 5.76 Å². The van der Waals surface area contributed by atoms with Crippen molar-refractivity contribution in [2.45, 2.75) is 13.0 Å². The van der Waals surface area contributed by atoms with Crippen LogP contribution in [0.5, 0.6) is 0 Å². The molecule has 0 aliphatic heterocycles. The van der Waals surface area contributed by atoms with Crippen LogP contribution in [-0.4, -0.2) is 10.1 Å². The van der Waals surface area contributed by atoms with Gasteiger partial charge >= 0.3 is 0 Å². The van der Waals surface area contributed by atoms with Gasteiger partial charge in [-0.05, 0) is 28.9 Å². The lowest BCUT2D eigenvalue weighted by Gasteiger charge is -2.06. The van der Waals surface area contributed by atoms with Gasteiger partial charge in [0.2, 0.25) is 0 Å². The Morgan fingerprint density at radius 3 is 2.93 bits per heavy atom. The van der Waals surface area contributed by atoms with Crippen LogP contribution in [0.2, 0.25) is 0 Å². The SMILES string of the molecule is Cc1ncsc1C(O)c1occc1Br. The summed E-state index contributed by atoms with van der Waals surface area (Å²) < 4.78 is 5.96. The van der Waals surface area contributed by atoms with Gasteiger partial charge < -0.3 is 9.52 Å². The van der Waals surface area contributed by atoms with Gasteiger partial charge in [0, 0.05) is 0 Å². The van der Waals surface area contributed by atoms with Crippen LogP contribution in [0.3, 0.4) is 0 Å². The molecule has 3 nitrogen and oxygen atoms in total. The van der Waals surface area contributed by atoms with Crippen molar-refractivity contribution in [3.05, 3.63) is 38.6 Å². The van der Waals surface area contributed by atoms with Gasteiger partial charge in [0.15, 0.2) is 5.76 Å². The second-order valence-electron chi connectivity index (χ2n) is 2.84. The second kappa shape index (κ2) is 3.84. The minimum absolute atomic E-state index is 0.525. The Morgan fingerprint density at radius 2 is 2.43 bits per heavy atom. The Balaban J connectivity index is 2.38. The van der Waals surface area contributed by atoms with Crippen LogP contribution in [0.25, 0.3) is 0 Å². The van der Waals surface area contributed by atoms with E-state index in [4.69, 9.17) is 4.42 Å². The van der Waals surface area contributed by atoms with E-state index in [1.807, 2.05) is 6.92 Å². The Morgan fingerprint density at radius 1 is 1.64 bits per heavy atom. The fourth-order valence-corrected chi connectivity index (χ4v) is 2.39. The molecule has 0 aliphatic rings. The zero-order valence-electron chi connectivity index (χ0n) is 7.40. The summed E-state index contributed by atoms with van der Waals surface area (Å²) in [5.74, 6) is 0.525. The summed E-state index contributed by atoms with van der Waals surface area (Å²) in [6.45, 7) is 1.87. The molecule has 2 heterocycles. The standard InChI is InChI=1S/C9H8BrNO2S/c1-5-9(14-4-11-5)7(12)8-6(10)2-3-13-8/h2-4,7,12H,1H3. The summed E-state index contributed by atoms with van der Waals surface area (Å²) in [6, 6.07) is 1.76. The highest BCUT2D eigenvalue weighted by molar-refractivity contribution is 9.10. The van der Waals surface area contributed by atoms with Crippen molar-refractivity contribution < 1.29 is 9.52 Å². The number of halogens is 1. The van der Waals surface area contributed by atoms with Crippen molar-refractivity contribution in [3.8, 4) is 0 Å². The van der Waals surface area contributed by atoms with Crippen molar-refractivity contribution >= 4 is 27.3 Å². The third-order valence-corrected chi connectivity index (χ3v) is 3.56. The largest absolute Gasteiger partial charge is 0.465 e. The summed E-state index contributed by atoms with van der Waals surface area (Å²) in [4.78, 5) is 4.90. The normalized spacial score (nSPS) is 13.1. The molecule has 0 saturated carbocycles. The van der Waals surface area contributed by atoms with E-state index in [0.717, 1.165) is 15.0 Å². The molecule has 1 unspecified atom stereocenters. The number of aliphatic hydroxyl groups excluding tert-OH is 1. The van der Waals surface area contributed by atoms with E-state index in [9.17, 15) is 5.11 Å². The molecule has 14 heavy (non-hydrogen) atoms. The fourth-order valence-electron chi connectivity index (χ4n) is 1.19. The highest BCUT2D eigenvalue weighted by Crippen LogP contribution is 2.32. The second-order valence-corrected chi connectivity index (χ2v) is 4.58. The van der Waals surface area contributed by atoms with Gasteiger partial charge in [0.1, 0.15) is 6.10 Å². The number of furan rings is 1. The van der Waals surface area contributed by atoms with Gasteiger partial charge in [0.25, 0.3) is 0 Å². The average Bonchev–Trinajstić information content (AvgIpc) is 2.73. The Labute approximate surface area is 93.5 Å². The first-order chi connectivity index (χ1) is 6.70. The van der Waals surface area contributed by atoms with Gasteiger partial charge in [-0.15, -0.1) is 11.3 Å². The van der Waals surface area contributed by atoms with Gasteiger partial charge in [0.05, 0.1) is 26.8 Å². The van der Waals surface area contributed by atoms with Crippen molar-refractivity contribution in [1.82, 2.24) is 4.98 Å². The van der Waals surface area contributed by atoms with Crippen molar-refractivity contribution in [2.24, 2.45) is 0 Å². The number of rotatable bonds is 2. The van der Waals surface area contributed by atoms with Crippen LogP contribution in [0.15, 0.2) is 26.7 Å². The molecule has 1 N–H and O–H groups in total. The molecule has 0 amide bonds.